The van der Waals surface area contributed by atoms with Crippen LogP contribution in [-0.4, -0.2) is 83.8 Å². The molecule has 2 saturated heterocycles. The molecule has 39 heavy (non-hydrogen) atoms. The van der Waals surface area contributed by atoms with Crippen LogP contribution in [0.1, 0.15) is 42.4 Å². The third-order valence-electron chi connectivity index (χ3n) is 7.39. The summed E-state index contributed by atoms with van der Waals surface area (Å²) >= 11 is 0. The number of aryl methyl sites for hydroxylation is 2. The number of benzene rings is 1. The first-order valence-electron chi connectivity index (χ1n) is 12.9. The molecule has 2 fully saturated rings. The van der Waals surface area contributed by atoms with Crippen LogP contribution in [0.25, 0.3) is 11.2 Å². The van der Waals surface area contributed by atoms with E-state index in [1.165, 1.54) is 10.9 Å². The van der Waals surface area contributed by atoms with Gasteiger partial charge >= 0.3 is 6.09 Å². The van der Waals surface area contributed by atoms with E-state index in [0.717, 1.165) is 24.0 Å². The molecule has 0 saturated carbocycles. The van der Waals surface area contributed by atoms with Gasteiger partial charge in [-0.1, -0.05) is 12.0 Å². The largest absolute Gasteiger partial charge is 0.415 e. The lowest BCUT2D eigenvalue weighted by atomic mass is 9.94. The van der Waals surface area contributed by atoms with Crippen molar-refractivity contribution in [1.82, 2.24) is 24.4 Å². The van der Waals surface area contributed by atoms with Crippen LogP contribution in [0.3, 0.4) is 0 Å². The summed E-state index contributed by atoms with van der Waals surface area (Å²) < 4.78 is 12.6. The Kier molecular flexibility index (Phi) is 7.67. The summed E-state index contributed by atoms with van der Waals surface area (Å²) in [6.07, 6.45) is -1.20. The number of aliphatic hydroxyl groups excluding tert-OH is 3. The Morgan fingerprint density at radius 2 is 1.95 bits per heavy atom. The molecule has 3 aromatic rings. The van der Waals surface area contributed by atoms with E-state index >= 15 is 0 Å². The van der Waals surface area contributed by atoms with Crippen molar-refractivity contribution in [3.63, 3.8) is 0 Å². The molecule has 12 nitrogen and oxygen atoms in total. The molecule has 0 radical (unpaired) electrons. The molecule has 2 aliphatic heterocycles. The molecule has 0 spiro atoms. The average molecular weight is 537 g/mol. The Morgan fingerprint density at radius 1 is 1.18 bits per heavy atom. The first kappa shape index (κ1) is 26.8. The number of piperidine rings is 1. The molecule has 2 aliphatic rings. The second-order valence-electron chi connectivity index (χ2n) is 10.0. The van der Waals surface area contributed by atoms with Crippen molar-refractivity contribution in [2.24, 2.45) is 5.92 Å². The highest BCUT2D eigenvalue weighted by Crippen LogP contribution is 2.32. The Bertz CT molecular complexity index is 1420. The maximum Gasteiger partial charge on any atom is 0.415 e. The molecule has 1 aromatic carbocycles. The lowest BCUT2D eigenvalue weighted by molar-refractivity contribution is -0.0511. The van der Waals surface area contributed by atoms with E-state index in [2.05, 4.69) is 26.8 Å². The van der Waals surface area contributed by atoms with Crippen molar-refractivity contribution in [3.05, 3.63) is 41.5 Å². The van der Waals surface area contributed by atoms with Gasteiger partial charge in [-0.05, 0) is 61.8 Å². The molecule has 206 valence electrons. The van der Waals surface area contributed by atoms with Crippen LogP contribution in [0.5, 0.6) is 5.75 Å². The summed E-state index contributed by atoms with van der Waals surface area (Å²) in [4.78, 5) is 27.2. The summed E-state index contributed by atoms with van der Waals surface area (Å²) in [6, 6.07) is 5.61. The lowest BCUT2D eigenvalue weighted by Crippen LogP contribution is -2.40. The number of aromatic nitrogens is 4. The van der Waals surface area contributed by atoms with Gasteiger partial charge in [-0.3, -0.25) is 4.57 Å². The highest BCUT2D eigenvalue weighted by molar-refractivity contribution is 5.82. The number of imidazole rings is 1. The Balaban J connectivity index is 1.20. The number of ether oxygens (including phenoxy) is 2. The fourth-order valence-electron chi connectivity index (χ4n) is 4.83. The van der Waals surface area contributed by atoms with Crippen LogP contribution >= 0.6 is 0 Å². The third-order valence-corrected chi connectivity index (χ3v) is 7.39. The topological polar surface area (TPSA) is 169 Å². The van der Waals surface area contributed by atoms with Crippen molar-refractivity contribution in [3.8, 4) is 17.6 Å². The number of nitrogens with two attached hydrogens (primary N) is 1. The SMILES string of the molecule is Cc1ccc(OC(=O)N2CCC(CC#Cc3nc(N)c4ncn(C5OC(CO)[C@H](O)[C@@H]5O)c4n3)CC2)cc1C. The minimum absolute atomic E-state index is 0.130. The number of anilines is 1. The lowest BCUT2D eigenvalue weighted by Gasteiger charge is -2.30. The first-order chi connectivity index (χ1) is 18.7. The van der Waals surface area contributed by atoms with E-state index in [1.807, 2.05) is 26.0 Å². The van der Waals surface area contributed by atoms with Gasteiger partial charge in [0.1, 0.15) is 29.6 Å². The molecule has 12 heteroatoms. The normalized spacial score (nSPS) is 23.6. The third kappa shape index (κ3) is 5.53. The highest BCUT2D eigenvalue weighted by atomic mass is 16.6. The number of amides is 1. The summed E-state index contributed by atoms with van der Waals surface area (Å²) in [6.45, 7) is 4.74. The summed E-state index contributed by atoms with van der Waals surface area (Å²) in [5, 5.41) is 29.9. The van der Waals surface area contributed by atoms with E-state index in [1.54, 1.807) is 11.0 Å². The van der Waals surface area contributed by atoms with E-state index < -0.39 is 31.1 Å². The van der Waals surface area contributed by atoms with Crippen LogP contribution in [0.4, 0.5) is 10.6 Å². The van der Waals surface area contributed by atoms with Crippen molar-refractivity contribution in [2.45, 2.75) is 57.6 Å². The molecule has 5 N–H and O–H groups in total. The number of nitrogen functional groups attached to an aromatic ring is 1. The van der Waals surface area contributed by atoms with Crippen LogP contribution < -0.4 is 10.5 Å². The summed E-state index contributed by atoms with van der Waals surface area (Å²) in [5.41, 5.74) is 8.92. The van der Waals surface area contributed by atoms with Crippen molar-refractivity contribution in [2.75, 3.05) is 25.4 Å². The molecule has 0 aliphatic carbocycles. The fraction of sp³-hybridized carbons (Fsp3) is 0.481. The second-order valence-corrected chi connectivity index (χ2v) is 10.0. The number of aliphatic hydroxyl groups is 3. The molecular weight excluding hydrogens is 504 g/mol. The molecule has 2 unspecified atom stereocenters. The van der Waals surface area contributed by atoms with Crippen LogP contribution in [-0.2, 0) is 4.74 Å². The molecule has 4 heterocycles. The minimum Gasteiger partial charge on any atom is -0.410 e. The van der Waals surface area contributed by atoms with E-state index in [4.69, 9.17) is 15.2 Å². The minimum atomic E-state index is -1.28. The van der Waals surface area contributed by atoms with Crippen molar-refractivity contribution >= 4 is 23.1 Å². The molecule has 2 aromatic heterocycles. The monoisotopic (exact) mass is 536 g/mol. The second kappa shape index (κ2) is 11.2. The smallest absolute Gasteiger partial charge is 0.410 e. The molecule has 0 bridgehead atoms. The van der Waals surface area contributed by atoms with Gasteiger partial charge in [0.25, 0.3) is 0 Å². The van der Waals surface area contributed by atoms with Gasteiger partial charge in [-0.25, -0.2) is 19.7 Å². The standard InChI is InChI=1S/C27H32N6O6/c1-15-6-7-18(12-16(15)2)38-27(37)32-10-8-17(9-11-32)4-3-5-20-30-24(28)21-25(31-20)33(14-29-21)26-23(36)22(35)19(13-34)39-26/h6-7,12,14,17,19,22-23,26,34-36H,4,8-11,13H2,1-2H3,(H2,28,30,31)/t19?,22-,23-,26?/m0/s1. The van der Waals surface area contributed by atoms with Crippen LogP contribution in [0, 0.1) is 31.6 Å². The molecule has 4 atom stereocenters. The van der Waals surface area contributed by atoms with Gasteiger partial charge in [0.2, 0.25) is 5.82 Å². The van der Waals surface area contributed by atoms with Crippen LogP contribution in [0.15, 0.2) is 24.5 Å². The highest BCUT2D eigenvalue weighted by Gasteiger charge is 2.44. The van der Waals surface area contributed by atoms with Gasteiger partial charge in [0, 0.05) is 19.5 Å². The quantitative estimate of drug-likeness (QED) is 0.356. The summed E-state index contributed by atoms with van der Waals surface area (Å²) in [7, 11) is 0. The van der Waals surface area contributed by atoms with Crippen molar-refractivity contribution in [1.29, 1.82) is 0 Å². The number of hydrogen-bond donors (Lipinski definition) is 4. The van der Waals surface area contributed by atoms with E-state index in [9.17, 15) is 20.1 Å². The van der Waals surface area contributed by atoms with E-state index in [-0.39, 0.29) is 17.7 Å². The Labute approximate surface area is 225 Å². The number of rotatable bonds is 4. The average Bonchev–Trinajstić information content (AvgIpc) is 3.47. The number of likely N-dealkylation sites (tertiary alicyclic amines) is 1. The van der Waals surface area contributed by atoms with Gasteiger partial charge in [-0.15, -0.1) is 0 Å². The molecule has 5 rings (SSSR count). The number of fused-ring (bicyclic) bond motifs is 1. The maximum atomic E-state index is 12.6. The zero-order valence-electron chi connectivity index (χ0n) is 21.8. The molecular formula is C27H32N6O6. The Hall–Kier alpha value is -3.76. The van der Waals surface area contributed by atoms with Crippen LogP contribution in [0.2, 0.25) is 0 Å². The predicted molar refractivity (Wildman–Crippen MR) is 140 cm³/mol. The van der Waals surface area contributed by atoms with E-state index in [0.29, 0.717) is 42.3 Å². The first-order valence-corrected chi connectivity index (χ1v) is 12.9. The summed E-state index contributed by atoms with van der Waals surface area (Å²) in [5.74, 6) is 7.27. The van der Waals surface area contributed by atoms with Gasteiger partial charge < -0.3 is 35.4 Å². The van der Waals surface area contributed by atoms with Crippen molar-refractivity contribution < 1.29 is 29.6 Å². The van der Waals surface area contributed by atoms with Gasteiger partial charge in [0.05, 0.1) is 12.9 Å². The fourth-order valence-corrected chi connectivity index (χ4v) is 4.83. The zero-order chi connectivity index (χ0) is 27.7. The number of carbonyl (C=O) groups excluding carboxylic acids is 1. The Morgan fingerprint density at radius 3 is 2.64 bits per heavy atom. The maximum absolute atomic E-state index is 12.6. The van der Waals surface area contributed by atoms with Gasteiger partial charge in [0.15, 0.2) is 17.7 Å². The predicted octanol–water partition coefficient (Wildman–Crippen LogP) is 1.29. The van der Waals surface area contributed by atoms with Gasteiger partial charge in [-0.2, -0.15) is 0 Å². The zero-order valence-corrected chi connectivity index (χ0v) is 21.8. The number of hydrogen-bond acceptors (Lipinski definition) is 10. The number of nitrogens with zero attached hydrogens (tertiary/aromatic N) is 5. The molecule has 1 amide bonds. The number of carbonyl (C=O) groups is 1.